The molecule has 0 radical (unpaired) electrons. The molecule has 148 valence electrons. The highest BCUT2D eigenvalue weighted by atomic mass is 19.4. The Labute approximate surface area is 159 Å². The standard InChI is InChI=1S/C20H19F3N2O3/c21-20(22,23)19(28)12-11-16(24-17(26)15-9-5-2-6-10-15)18(27)25(19)13-14-7-3-1-4-8-14/h1-10,16,28H,11-13H2,(H,24,26)/t16-,19-/m1/s1. The zero-order chi connectivity index (χ0) is 20.4. The van der Waals surface area contributed by atoms with Crippen LogP contribution >= 0.6 is 0 Å². The van der Waals surface area contributed by atoms with Crippen LogP contribution in [0.2, 0.25) is 0 Å². The lowest BCUT2D eigenvalue weighted by atomic mass is 9.92. The molecule has 1 fully saturated rings. The summed E-state index contributed by atoms with van der Waals surface area (Å²) in [4.78, 5) is 25.5. The quantitative estimate of drug-likeness (QED) is 0.841. The second kappa shape index (κ2) is 7.63. The smallest absolute Gasteiger partial charge is 0.363 e. The van der Waals surface area contributed by atoms with Gasteiger partial charge in [0.25, 0.3) is 5.91 Å². The Morgan fingerprint density at radius 1 is 1.11 bits per heavy atom. The lowest BCUT2D eigenvalue weighted by Gasteiger charge is -2.46. The van der Waals surface area contributed by atoms with E-state index < -0.39 is 42.7 Å². The monoisotopic (exact) mass is 392 g/mol. The number of likely N-dealkylation sites (tertiary alicyclic amines) is 1. The molecule has 2 N–H and O–H groups in total. The SMILES string of the molecule is O=C(N[C@@H]1CC[C@@](O)(C(F)(F)F)N(Cc2ccccc2)C1=O)c1ccccc1. The molecule has 0 spiro atoms. The fourth-order valence-electron chi connectivity index (χ4n) is 3.21. The number of halogens is 3. The number of amides is 2. The molecular formula is C20H19F3N2O3. The van der Waals surface area contributed by atoms with Crippen molar-refractivity contribution < 1.29 is 27.9 Å². The van der Waals surface area contributed by atoms with E-state index in [1.807, 2.05) is 0 Å². The van der Waals surface area contributed by atoms with Crippen molar-refractivity contribution in [1.29, 1.82) is 0 Å². The van der Waals surface area contributed by atoms with Gasteiger partial charge in [-0.3, -0.25) is 9.59 Å². The summed E-state index contributed by atoms with van der Waals surface area (Å²) in [5.41, 5.74) is -2.55. The highest BCUT2D eigenvalue weighted by Crippen LogP contribution is 2.41. The summed E-state index contributed by atoms with van der Waals surface area (Å²) in [7, 11) is 0. The van der Waals surface area contributed by atoms with Gasteiger partial charge in [-0.1, -0.05) is 48.5 Å². The van der Waals surface area contributed by atoms with Crippen molar-refractivity contribution >= 4 is 11.8 Å². The fraction of sp³-hybridized carbons (Fsp3) is 0.300. The molecule has 2 aromatic carbocycles. The van der Waals surface area contributed by atoms with Crippen LogP contribution < -0.4 is 5.32 Å². The van der Waals surface area contributed by atoms with Gasteiger partial charge in [0, 0.05) is 18.5 Å². The van der Waals surface area contributed by atoms with Crippen molar-refractivity contribution in [1.82, 2.24) is 10.2 Å². The lowest BCUT2D eigenvalue weighted by Crippen LogP contribution is -2.67. The Kier molecular flexibility index (Phi) is 5.42. The molecule has 1 saturated heterocycles. The molecular weight excluding hydrogens is 373 g/mol. The van der Waals surface area contributed by atoms with Crippen molar-refractivity contribution in [2.75, 3.05) is 0 Å². The van der Waals surface area contributed by atoms with E-state index in [0.29, 0.717) is 16.0 Å². The Morgan fingerprint density at radius 3 is 2.25 bits per heavy atom. The van der Waals surface area contributed by atoms with E-state index >= 15 is 0 Å². The number of alkyl halides is 3. The maximum Gasteiger partial charge on any atom is 0.436 e. The predicted octanol–water partition coefficient (Wildman–Crippen LogP) is 2.86. The molecule has 1 heterocycles. The summed E-state index contributed by atoms with van der Waals surface area (Å²) in [5, 5.41) is 12.8. The largest absolute Gasteiger partial charge is 0.436 e. The number of hydrogen-bond donors (Lipinski definition) is 2. The fourth-order valence-corrected chi connectivity index (χ4v) is 3.21. The van der Waals surface area contributed by atoms with Crippen molar-refractivity contribution in [2.24, 2.45) is 0 Å². The number of piperidine rings is 1. The Balaban J connectivity index is 1.85. The summed E-state index contributed by atoms with van der Waals surface area (Å²) < 4.78 is 40.7. The van der Waals surface area contributed by atoms with Gasteiger partial charge in [-0.05, 0) is 24.1 Å². The maximum atomic E-state index is 13.6. The third kappa shape index (κ3) is 3.87. The third-order valence-corrected chi connectivity index (χ3v) is 4.77. The van der Waals surface area contributed by atoms with Gasteiger partial charge in [0.1, 0.15) is 6.04 Å². The van der Waals surface area contributed by atoms with Crippen LogP contribution in [-0.2, 0) is 11.3 Å². The van der Waals surface area contributed by atoms with Gasteiger partial charge in [-0.25, -0.2) is 0 Å². The molecule has 1 aliphatic rings. The van der Waals surface area contributed by atoms with E-state index in [2.05, 4.69) is 5.32 Å². The molecule has 0 unspecified atom stereocenters. The molecule has 2 aromatic rings. The molecule has 28 heavy (non-hydrogen) atoms. The van der Waals surface area contributed by atoms with Gasteiger partial charge in [-0.2, -0.15) is 13.2 Å². The van der Waals surface area contributed by atoms with E-state index in [9.17, 15) is 27.9 Å². The zero-order valence-corrected chi connectivity index (χ0v) is 14.8. The molecule has 2 atom stereocenters. The van der Waals surface area contributed by atoms with E-state index in [-0.39, 0.29) is 6.42 Å². The topological polar surface area (TPSA) is 69.6 Å². The molecule has 0 aliphatic carbocycles. The van der Waals surface area contributed by atoms with Crippen molar-refractivity contribution in [3.63, 3.8) is 0 Å². The van der Waals surface area contributed by atoms with Crippen LogP contribution in [0.4, 0.5) is 13.2 Å². The number of hydrogen-bond acceptors (Lipinski definition) is 3. The van der Waals surface area contributed by atoms with Crippen LogP contribution in [-0.4, -0.2) is 39.8 Å². The minimum absolute atomic E-state index is 0.293. The first-order valence-corrected chi connectivity index (χ1v) is 8.73. The summed E-state index contributed by atoms with van der Waals surface area (Å²) in [6, 6.07) is 15.0. The van der Waals surface area contributed by atoms with Gasteiger partial charge < -0.3 is 15.3 Å². The van der Waals surface area contributed by atoms with Crippen LogP contribution in [0.5, 0.6) is 0 Å². The van der Waals surface area contributed by atoms with Gasteiger partial charge in [-0.15, -0.1) is 0 Å². The van der Waals surface area contributed by atoms with Gasteiger partial charge in [0.05, 0.1) is 0 Å². The Bertz CT molecular complexity index is 843. The van der Waals surface area contributed by atoms with E-state index in [1.165, 1.54) is 12.1 Å². The summed E-state index contributed by atoms with van der Waals surface area (Å²) in [6.45, 7) is -0.423. The predicted molar refractivity (Wildman–Crippen MR) is 94.9 cm³/mol. The van der Waals surface area contributed by atoms with Gasteiger partial charge in [0.15, 0.2) is 0 Å². The number of carbonyl (C=O) groups is 2. The third-order valence-electron chi connectivity index (χ3n) is 4.77. The number of aliphatic hydroxyl groups is 1. The normalized spacial score (nSPS) is 22.8. The van der Waals surface area contributed by atoms with E-state index in [0.717, 1.165) is 0 Å². The number of nitrogens with one attached hydrogen (secondary N) is 1. The molecule has 0 aromatic heterocycles. The van der Waals surface area contributed by atoms with Crippen LogP contribution in [0.3, 0.4) is 0 Å². The summed E-state index contributed by atoms with van der Waals surface area (Å²) >= 11 is 0. The molecule has 8 heteroatoms. The van der Waals surface area contributed by atoms with Crippen LogP contribution in [0.15, 0.2) is 60.7 Å². The second-order valence-electron chi connectivity index (χ2n) is 6.66. The molecule has 2 amide bonds. The average Bonchev–Trinajstić information content (AvgIpc) is 2.68. The number of rotatable bonds is 4. The van der Waals surface area contributed by atoms with Gasteiger partial charge in [0.2, 0.25) is 11.6 Å². The van der Waals surface area contributed by atoms with E-state index in [1.54, 1.807) is 48.5 Å². The minimum atomic E-state index is -5.02. The van der Waals surface area contributed by atoms with Crippen molar-refractivity contribution in [3.05, 3.63) is 71.8 Å². The van der Waals surface area contributed by atoms with Crippen molar-refractivity contribution in [2.45, 2.75) is 37.3 Å². The van der Waals surface area contributed by atoms with Crippen LogP contribution in [0.1, 0.15) is 28.8 Å². The van der Waals surface area contributed by atoms with E-state index in [4.69, 9.17) is 0 Å². The first kappa shape index (κ1) is 19.9. The number of benzene rings is 2. The van der Waals surface area contributed by atoms with Crippen LogP contribution in [0.25, 0.3) is 0 Å². The molecule has 0 saturated carbocycles. The summed E-state index contributed by atoms with van der Waals surface area (Å²) in [6.07, 6.45) is -6.07. The Hall–Kier alpha value is -2.87. The summed E-state index contributed by atoms with van der Waals surface area (Å²) in [5.74, 6) is -1.53. The first-order valence-electron chi connectivity index (χ1n) is 8.73. The average molecular weight is 392 g/mol. The highest BCUT2D eigenvalue weighted by Gasteiger charge is 2.62. The van der Waals surface area contributed by atoms with Crippen molar-refractivity contribution in [3.8, 4) is 0 Å². The highest BCUT2D eigenvalue weighted by molar-refractivity contribution is 5.97. The Morgan fingerprint density at radius 2 is 1.68 bits per heavy atom. The molecule has 3 rings (SSSR count). The van der Waals surface area contributed by atoms with Crippen LogP contribution in [0, 0.1) is 0 Å². The van der Waals surface area contributed by atoms with Gasteiger partial charge >= 0.3 is 6.18 Å². The second-order valence-corrected chi connectivity index (χ2v) is 6.66. The number of nitrogens with zero attached hydrogens (tertiary/aromatic N) is 1. The maximum absolute atomic E-state index is 13.6. The first-order chi connectivity index (χ1) is 13.2. The molecule has 1 aliphatic heterocycles. The molecule has 0 bridgehead atoms. The lowest BCUT2D eigenvalue weighted by molar-refractivity contribution is -0.320. The molecule has 5 nitrogen and oxygen atoms in total. The minimum Gasteiger partial charge on any atom is -0.363 e. The zero-order valence-electron chi connectivity index (χ0n) is 14.8. The number of carbonyl (C=O) groups excluding carboxylic acids is 2.